The van der Waals surface area contributed by atoms with Crippen LogP contribution in [0.25, 0.3) is 11.4 Å². The maximum Gasteiger partial charge on any atom is 0.137 e. The Labute approximate surface area is 138 Å². The summed E-state index contributed by atoms with van der Waals surface area (Å²) in [6, 6.07) is 10.2. The molecule has 0 atom stereocenters. The number of unbranched alkanes of at least 4 members (excludes halogenated alkanes) is 1. The SMILES string of the molecule is OCCCCN1CCN(Cc2cnc(-c3ccccc3)[nH]2)CC1. The molecule has 1 aromatic heterocycles. The molecule has 5 nitrogen and oxygen atoms in total. The number of aromatic nitrogens is 2. The Morgan fingerprint density at radius 3 is 2.48 bits per heavy atom. The summed E-state index contributed by atoms with van der Waals surface area (Å²) in [6.45, 7) is 6.78. The number of nitrogens with zero attached hydrogens (tertiary/aromatic N) is 3. The fourth-order valence-electron chi connectivity index (χ4n) is 3.04. The van der Waals surface area contributed by atoms with E-state index in [1.807, 2.05) is 24.4 Å². The molecule has 1 aromatic carbocycles. The van der Waals surface area contributed by atoms with Crippen molar-refractivity contribution in [1.29, 1.82) is 0 Å². The van der Waals surface area contributed by atoms with Crippen LogP contribution in [0.2, 0.25) is 0 Å². The van der Waals surface area contributed by atoms with Gasteiger partial charge in [-0.15, -0.1) is 0 Å². The topological polar surface area (TPSA) is 55.4 Å². The third-order valence-electron chi connectivity index (χ3n) is 4.42. The minimum Gasteiger partial charge on any atom is -0.396 e. The molecule has 0 radical (unpaired) electrons. The minimum absolute atomic E-state index is 0.309. The normalized spacial score (nSPS) is 16.7. The molecule has 1 aliphatic rings. The van der Waals surface area contributed by atoms with E-state index in [-0.39, 0.29) is 0 Å². The molecule has 0 aliphatic carbocycles. The van der Waals surface area contributed by atoms with Gasteiger partial charge in [-0.25, -0.2) is 4.98 Å². The Bertz CT molecular complexity index is 576. The third-order valence-corrected chi connectivity index (χ3v) is 4.42. The van der Waals surface area contributed by atoms with E-state index >= 15 is 0 Å². The third kappa shape index (κ3) is 4.64. The molecule has 0 spiro atoms. The maximum atomic E-state index is 8.85. The molecule has 2 N–H and O–H groups in total. The highest BCUT2D eigenvalue weighted by molar-refractivity contribution is 5.54. The molecule has 2 aromatic rings. The summed E-state index contributed by atoms with van der Waals surface area (Å²) in [5, 5.41) is 8.85. The van der Waals surface area contributed by atoms with E-state index in [4.69, 9.17) is 5.11 Å². The summed E-state index contributed by atoms with van der Waals surface area (Å²) in [7, 11) is 0. The predicted molar refractivity (Wildman–Crippen MR) is 92.1 cm³/mol. The molecule has 1 fully saturated rings. The molecule has 23 heavy (non-hydrogen) atoms. The fourth-order valence-corrected chi connectivity index (χ4v) is 3.04. The van der Waals surface area contributed by atoms with Crippen molar-refractivity contribution in [3.8, 4) is 11.4 Å². The first-order valence-corrected chi connectivity index (χ1v) is 8.50. The van der Waals surface area contributed by atoms with E-state index < -0.39 is 0 Å². The van der Waals surface area contributed by atoms with Crippen molar-refractivity contribution in [2.45, 2.75) is 19.4 Å². The van der Waals surface area contributed by atoms with Crippen LogP contribution in [-0.2, 0) is 6.54 Å². The average Bonchev–Trinajstić information content (AvgIpc) is 3.06. The predicted octanol–water partition coefficient (Wildman–Crippen LogP) is 1.97. The second-order valence-electron chi connectivity index (χ2n) is 6.17. The van der Waals surface area contributed by atoms with E-state index in [9.17, 15) is 0 Å². The van der Waals surface area contributed by atoms with Crippen LogP contribution < -0.4 is 0 Å². The van der Waals surface area contributed by atoms with Gasteiger partial charge in [0, 0.05) is 56.8 Å². The molecule has 124 valence electrons. The molecule has 0 saturated carbocycles. The molecule has 2 heterocycles. The van der Waals surface area contributed by atoms with Crippen LogP contribution in [0.15, 0.2) is 36.5 Å². The van der Waals surface area contributed by atoms with Crippen LogP contribution in [0.5, 0.6) is 0 Å². The van der Waals surface area contributed by atoms with Crippen LogP contribution in [0.3, 0.4) is 0 Å². The number of benzene rings is 1. The van der Waals surface area contributed by atoms with Crippen LogP contribution in [-0.4, -0.2) is 64.2 Å². The first kappa shape index (κ1) is 16.2. The summed E-state index contributed by atoms with van der Waals surface area (Å²) >= 11 is 0. The number of nitrogens with one attached hydrogen (secondary N) is 1. The minimum atomic E-state index is 0.309. The molecule has 1 aliphatic heterocycles. The summed E-state index contributed by atoms with van der Waals surface area (Å²) in [6.07, 6.45) is 3.96. The van der Waals surface area contributed by atoms with E-state index in [2.05, 4.69) is 31.9 Å². The number of H-pyrrole nitrogens is 1. The van der Waals surface area contributed by atoms with Gasteiger partial charge >= 0.3 is 0 Å². The van der Waals surface area contributed by atoms with Gasteiger partial charge in [-0.2, -0.15) is 0 Å². The van der Waals surface area contributed by atoms with Crippen LogP contribution >= 0.6 is 0 Å². The summed E-state index contributed by atoms with van der Waals surface area (Å²) < 4.78 is 0. The zero-order valence-electron chi connectivity index (χ0n) is 13.6. The lowest BCUT2D eigenvalue weighted by Crippen LogP contribution is -2.46. The van der Waals surface area contributed by atoms with E-state index in [1.54, 1.807) is 0 Å². The monoisotopic (exact) mass is 314 g/mol. The number of imidazole rings is 1. The van der Waals surface area contributed by atoms with Gasteiger partial charge in [0.1, 0.15) is 5.82 Å². The van der Waals surface area contributed by atoms with Gasteiger partial charge < -0.3 is 15.0 Å². The first-order valence-electron chi connectivity index (χ1n) is 8.50. The molecule has 0 amide bonds. The van der Waals surface area contributed by atoms with Crippen LogP contribution in [0, 0.1) is 0 Å². The lowest BCUT2D eigenvalue weighted by Gasteiger charge is -2.34. The Balaban J connectivity index is 1.47. The maximum absolute atomic E-state index is 8.85. The molecule has 1 saturated heterocycles. The number of aromatic amines is 1. The quantitative estimate of drug-likeness (QED) is 0.767. The molecule has 3 rings (SSSR count). The van der Waals surface area contributed by atoms with Crippen LogP contribution in [0.4, 0.5) is 0 Å². The van der Waals surface area contributed by atoms with Gasteiger partial charge in [0.2, 0.25) is 0 Å². The highest BCUT2D eigenvalue weighted by atomic mass is 16.2. The number of aliphatic hydroxyl groups excluding tert-OH is 1. The highest BCUT2D eigenvalue weighted by Crippen LogP contribution is 2.16. The first-order chi connectivity index (χ1) is 11.3. The van der Waals surface area contributed by atoms with Gasteiger partial charge in [-0.3, -0.25) is 4.90 Å². The van der Waals surface area contributed by atoms with E-state index in [1.165, 1.54) is 5.69 Å². The number of aliphatic hydroxyl groups is 1. The van der Waals surface area contributed by atoms with Crippen molar-refractivity contribution in [2.24, 2.45) is 0 Å². The molecular formula is C18H26N4O. The Morgan fingerprint density at radius 2 is 1.74 bits per heavy atom. The second-order valence-corrected chi connectivity index (χ2v) is 6.17. The molecule has 5 heteroatoms. The molecule has 0 unspecified atom stereocenters. The van der Waals surface area contributed by atoms with Gasteiger partial charge in [0.25, 0.3) is 0 Å². The second kappa shape index (κ2) is 8.24. The molecule has 0 bridgehead atoms. The fraction of sp³-hybridized carbons (Fsp3) is 0.500. The Morgan fingerprint density at radius 1 is 1.00 bits per heavy atom. The summed E-state index contributed by atoms with van der Waals surface area (Å²) in [4.78, 5) is 12.9. The number of piperazine rings is 1. The highest BCUT2D eigenvalue weighted by Gasteiger charge is 2.17. The van der Waals surface area contributed by atoms with Crippen molar-refractivity contribution in [3.63, 3.8) is 0 Å². The smallest absolute Gasteiger partial charge is 0.137 e. The average molecular weight is 314 g/mol. The van der Waals surface area contributed by atoms with Gasteiger partial charge in [-0.1, -0.05) is 30.3 Å². The van der Waals surface area contributed by atoms with Crippen molar-refractivity contribution in [3.05, 3.63) is 42.2 Å². The zero-order chi connectivity index (χ0) is 15.9. The van der Waals surface area contributed by atoms with E-state index in [0.717, 1.165) is 63.5 Å². The lowest BCUT2D eigenvalue weighted by molar-refractivity contribution is 0.123. The van der Waals surface area contributed by atoms with Gasteiger partial charge in [0.15, 0.2) is 0 Å². The van der Waals surface area contributed by atoms with Crippen LogP contribution in [0.1, 0.15) is 18.5 Å². The summed E-state index contributed by atoms with van der Waals surface area (Å²) in [5.41, 5.74) is 2.31. The van der Waals surface area contributed by atoms with Gasteiger partial charge in [-0.05, 0) is 19.4 Å². The zero-order valence-corrected chi connectivity index (χ0v) is 13.6. The number of rotatable bonds is 7. The van der Waals surface area contributed by atoms with Crippen molar-refractivity contribution >= 4 is 0 Å². The lowest BCUT2D eigenvalue weighted by atomic mass is 10.2. The Kier molecular flexibility index (Phi) is 5.80. The number of hydrogen-bond acceptors (Lipinski definition) is 4. The van der Waals surface area contributed by atoms with Crippen molar-refractivity contribution in [1.82, 2.24) is 19.8 Å². The summed E-state index contributed by atoms with van der Waals surface area (Å²) in [5.74, 6) is 0.947. The van der Waals surface area contributed by atoms with Crippen molar-refractivity contribution in [2.75, 3.05) is 39.3 Å². The number of hydrogen-bond donors (Lipinski definition) is 2. The van der Waals surface area contributed by atoms with Gasteiger partial charge in [0.05, 0.1) is 0 Å². The Hall–Kier alpha value is -1.69. The molecular weight excluding hydrogens is 288 g/mol. The standard InChI is InChI=1S/C18H26N4O/c23-13-5-4-8-21-9-11-22(12-10-21)15-17-14-19-18(20-17)16-6-2-1-3-7-16/h1-3,6-7,14,23H,4-5,8-13,15H2,(H,19,20). The largest absolute Gasteiger partial charge is 0.396 e. The van der Waals surface area contributed by atoms with E-state index in [0.29, 0.717) is 6.61 Å². The van der Waals surface area contributed by atoms with Crippen molar-refractivity contribution < 1.29 is 5.11 Å².